The van der Waals surface area contributed by atoms with Crippen molar-refractivity contribution in [2.24, 2.45) is 0 Å². The molecule has 2 atom stereocenters. The maximum atomic E-state index is 12.5. The maximum absolute atomic E-state index is 12.5. The molecule has 0 bridgehead atoms. The highest BCUT2D eigenvalue weighted by molar-refractivity contribution is 5.76. The summed E-state index contributed by atoms with van der Waals surface area (Å²) >= 11 is 0. The Balaban J connectivity index is 3.49. The molecular weight excluding hydrogens is 767 g/mol. The second kappa shape index (κ2) is 52.2. The molecule has 0 radical (unpaired) electrons. The number of aliphatic hydroxyl groups excluding tert-OH is 2. The third kappa shape index (κ3) is 48.1. The molecule has 3 N–H and O–H groups in total. The van der Waals surface area contributed by atoms with E-state index in [-0.39, 0.29) is 18.5 Å². The topological polar surface area (TPSA) is 95.9 Å². The van der Waals surface area contributed by atoms with Crippen LogP contribution < -0.4 is 5.32 Å². The van der Waals surface area contributed by atoms with Gasteiger partial charge in [-0.1, -0.05) is 257 Å². The lowest BCUT2D eigenvalue weighted by Gasteiger charge is -2.22. The average Bonchev–Trinajstić information content (AvgIpc) is 3.27. The SMILES string of the molecule is CCCCCCCCCCCCCCCCCCCCCCCCC(O)C(CO)NC(=O)CCCCCCC/C=C\CCCCOC(=O)CCCCCCCCCCCCCC. The summed E-state index contributed by atoms with van der Waals surface area (Å²) in [5.74, 6) is -0.0902. The fraction of sp³-hybridized carbons (Fsp3) is 0.929. The van der Waals surface area contributed by atoms with Crippen LogP contribution in [0.2, 0.25) is 0 Å². The number of hydrogen-bond donors (Lipinski definition) is 3. The van der Waals surface area contributed by atoms with E-state index in [0.29, 0.717) is 25.9 Å². The second-order valence-corrected chi connectivity index (χ2v) is 19.3. The lowest BCUT2D eigenvalue weighted by Crippen LogP contribution is -2.45. The molecule has 0 aromatic carbocycles. The van der Waals surface area contributed by atoms with Crippen LogP contribution in [0.25, 0.3) is 0 Å². The number of allylic oxidation sites excluding steroid dienone is 2. The molecule has 6 heteroatoms. The molecule has 62 heavy (non-hydrogen) atoms. The van der Waals surface area contributed by atoms with Crippen molar-refractivity contribution in [1.29, 1.82) is 0 Å². The van der Waals surface area contributed by atoms with Crippen molar-refractivity contribution >= 4 is 11.9 Å². The minimum absolute atomic E-state index is 0.0296. The summed E-state index contributed by atoms with van der Waals surface area (Å²) in [6.07, 6.45) is 60.6. The van der Waals surface area contributed by atoms with Gasteiger partial charge in [-0.3, -0.25) is 9.59 Å². The Kier molecular flexibility index (Phi) is 51.0. The largest absolute Gasteiger partial charge is 0.466 e. The summed E-state index contributed by atoms with van der Waals surface area (Å²) in [5.41, 5.74) is 0. The van der Waals surface area contributed by atoms with E-state index >= 15 is 0 Å². The molecule has 2 unspecified atom stereocenters. The molecule has 0 aromatic heterocycles. The van der Waals surface area contributed by atoms with E-state index in [9.17, 15) is 19.8 Å². The number of carbonyl (C=O) groups is 2. The Morgan fingerprint density at radius 3 is 1.15 bits per heavy atom. The van der Waals surface area contributed by atoms with Gasteiger partial charge in [0.25, 0.3) is 0 Å². The van der Waals surface area contributed by atoms with Crippen LogP contribution in [0, 0.1) is 0 Å². The molecule has 0 aliphatic carbocycles. The smallest absolute Gasteiger partial charge is 0.305 e. The van der Waals surface area contributed by atoms with Crippen LogP contribution in [-0.4, -0.2) is 47.4 Å². The first-order valence-electron chi connectivity index (χ1n) is 27.9. The maximum Gasteiger partial charge on any atom is 0.305 e. The molecule has 0 aliphatic rings. The van der Waals surface area contributed by atoms with Gasteiger partial charge in [-0.25, -0.2) is 0 Å². The van der Waals surface area contributed by atoms with Crippen molar-refractivity contribution in [3.8, 4) is 0 Å². The summed E-state index contributed by atoms with van der Waals surface area (Å²) in [5, 5.41) is 23.3. The van der Waals surface area contributed by atoms with Gasteiger partial charge in [-0.05, 0) is 51.4 Å². The van der Waals surface area contributed by atoms with E-state index in [4.69, 9.17) is 4.74 Å². The van der Waals surface area contributed by atoms with Gasteiger partial charge in [-0.2, -0.15) is 0 Å². The number of hydrogen-bond acceptors (Lipinski definition) is 5. The van der Waals surface area contributed by atoms with E-state index in [2.05, 4.69) is 31.3 Å². The summed E-state index contributed by atoms with van der Waals surface area (Å²) in [4.78, 5) is 24.5. The monoisotopic (exact) mass is 876 g/mol. The fourth-order valence-electron chi connectivity index (χ4n) is 8.75. The summed E-state index contributed by atoms with van der Waals surface area (Å²) in [6.45, 7) is 4.89. The predicted octanol–water partition coefficient (Wildman–Crippen LogP) is 16.9. The quantitative estimate of drug-likeness (QED) is 0.0321. The van der Waals surface area contributed by atoms with Gasteiger partial charge in [0, 0.05) is 12.8 Å². The molecule has 0 heterocycles. The highest BCUT2D eigenvalue weighted by atomic mass is 16.5. The van der Waals surface area contributed by atoms with E-state index in [1.165, 1.54) is 199 Å². The van der Waals surface area contributed by atoms with Gasteiger partial charge in [0.1, 0.15) is 0 Å². The number of esters is 1. The highest BCUT2D eigenvalue weighted by Crippen LogP contribution is 2.17. The van der Waals surface area contributed by atoms with E-state index in [0.717, 1.165) is 77.0 Å². The number of ether oxygens (including phenoxy) is 1. The Bertz CT molecular complexity index is 924. The third-order valence-corrected chi connectivity index (χ3v) is 13.1. The molecule has 1 amide bonds. The lowest BCUT2D eigenvalue weighted by molar-refractivity contribution is -0.143. The van der Waals surface area contributed by atoms with Gasteiger partial charge in [0.2, 0.25) is 5.91 Å². The van der Waals surface area contributed by atoms with Crippen molar-refractivity contribution < 1.29 is 24.5 Å². The summed E-state index contributed by atoms with van der Waals surface area (Å²) in [7, 11) is 0. The molecule has 6 nitrogen and oxygen atoms in total. The zero-order valence-corrected chi connectivity index (χ0v) is 41.9. The minimum atomic E-state index is -0.682. The number of aliphatic hydroxyl groups is 2. The third-order valence-electron chi connectivity index (χ3n) is 13.1. The van der Waals surface area contributed by atoms with Crippen LogP contribution in [0.5, 0.6) is 0 Å². The van der Waals surface area contributed by atoms with Gasteiger partial charge < -0.3 is 20.3 Å². The fourth-order valence-corrected chi connectivity index (χ4v) is 8.75. The number of nitrogens with one attached hydrogen (secondary N) is 1. The molecule has 0 aliphatic heterocycles. The molecule has 0 aromatic rings. The Hall–Kier alpha value is -1.40. The van der Waals surface area contributed by atoms with E-state index in [1.807, 2.05) is 0 Å². The Morgan fingerprint density at radius 1 is 0.435 bits per heavy atom. The van der Waals surface area contributed by atoms with E-state index < -0.39 is 12.1 Å². The molecular formula is C56H109NO5. The van der Waals surface area contributed by atoms with Crippen molar-refractivity contribution in [3.63, 3.8) is 0 Å². The number of carbonyl (C=O) groups excluding carboxylic acids is 2. The van der Waals surface area contributed by atoms with Gasteiger partial charge in [0.15, 0.2) is 0 Å². The van der Waals surface area contributed by atoms with Crippen LogP contribution >= 0.6 is 0 Å². The molecule has 0 saturated heterocycles. The highest BCUT2D eigenvalue weighted by Gasteiger charge is 2.20. The minimum Gasteiger partial charge on any atom is -0.466 e. The number of unbranched alkanes of at least 4 members (excludes halogenated alkanes) is 39. The average molecular weight is 876 g/mol. The second-order valence-electron chi connectivity index (χ2n) is 19.3. The van der Waals surface area contributed by atoms with Crippen molar-refractivity contribution in [1.82, 2.24) is 5.32 Å². The predicted molar refractivity (Wildman–Crippen MR) is 269 cm³/mol. The van der Waals surface area contributed by atoms with Crippen LogP contribution in [0.3, 0.4) is 0 Å². The van der Waals surface area contributed by atoms with Gasteiger partial charge in [0.05, 0.1) is 25.4 Å². The van der Waals surface area contributed by atoms with E-state index in [1.54, 1.807) is 0 Å². The van der Waals surface area contributed by atoms with Crippen molar-refractivity contribution in [3.05, 3.63) is 12.2 Å². The lowest BCUT2D eigenvalue weighted by atomic mass is 10.0. The Labute approximate surface area is 387 Å². The standard InChI is InChI=1S/C56H109NO5/c1-3-5-7-9-11-13-15-17-18-19-20-21-22-23-24-25-26-28-32-36-40-44-48-54(59)53(52-58)57-55(60)49-45-41-37-33-29-27-31-35-39-43-47-51-62-56(61)50-46-42-38-34-30-16-14-12-10-8-6-4-2/h31,35,53-54,58-59H,3-30,32-34,36-52H2,1-2H3,(H,57,60)/b35-31-. The molecule has 0 rings (SSSR count). The Morgan fingerprint density at radius 2 is 0.758 bits per heavy atom. The first kappa shape index (κ1) is 60.6. The molecule has 0 fully saturated rings. The summed E-state index contributed by atoms with van der Waals surface area (Å²) in [6, 6.07) is -0.562. The van der Waals surface area contributed by atoms with Gasteiger partial charge >= 0.3 is 5.97 Å². The van der Waals surface area contributed by atoms with Crippen LogP contribution in [-0.2, 0) is 14.3 Å². The van der Waals surface area contributed by atoms with Gasteiger partial charge in [-0.15, -0.1) is 0 Å². The van der Waals surface area contributed by atoms with Crippen LogP contribution in [0.4, 0.5) is 0 Å². The summed E-state index contributed by atoms with van der Waals surface area (Å²) < 4.78 is 5.43. The zero-order chi connectivity index (χ0) is 45.1. The van der Waals surface area contributed by atoms with Crippen LogP contribution in [0.1, 0.15) is 309 Å². The van der Waals surface area contributed by atoms with Crippen molar-refractivity contribution in [2.45, 2.75) is 321 Å². The normalized spacial score (nSPS) is 12.6. The number of amides is 1. The number of rotatable bonds is 52. The van der Waals surface area contributed by atoms with Crippen molar-refractivity contribution in [2.75, 3.05) is 13.2 Å². The molecule has 0 spiro atoms. The molecule has 368 valence electrons. The first-order chi connectivity index (χ1) is 30.5. The molecule has 0 saturated carbocycles. The van der Waals surface area contributed by atoms with Crippen LogP contribution in [0.15, 0.2) is 12.2 Å². The zero-order valence-electron chi connectivity index (χ0n) is 41.9. The first-order valence-corrected chi connectivity index (χ1v) is 27.9.